The number of hydrogen-bond donors (Lipinski definition) is 1. The second kappa shape index (κ2) is 11.5. The standard InChI is InChI=1S/C27H22F5N3O4/c28-21-6-3-7-22(29)24(21)39-18-10-8-17(9-11-18)25(37)33-16-23(36)34-12-14-35(15-13-34)26(38)19-4-1-2-5-20(19)27(30,31)32/h1-11H,12-16H2,(H,33,37). The highest BCUT2D eigenvalue weighted by Gasteiger charge is 2.36. The van der Waals surface area contributed by atoms with Crippen molar-refractivity contribution in [1.29, 1.82) is 0 Å². The van der Waals surface area contributed by atoms with Gasteiger partial charge in [-0.1, -0.05) is 18.2 Å². The van der Waals surface area contributed by atoms with Crippen molar-refractivity contribution in [1.82, 2.24) is 15.1 Å². The van der Waals surface area contributed by atoms with Crippen LogP contribution < -0.4 is 10.1 Å². The zero-order valence-corrected chi connectivity index (χ0v) is 20.3. The second-order valence-electron chi connectivity index (χ2n) is 8.58. The Bertz CT molecular complexity index is 1350. The molecule has 0 bridgehead atoms. The minimum absolute atomic E-state index is 0.0365. The maximum Gasteiger partial charge on any atom is 0.417 e. The lowest BCUT2D eigenvalue weighted by atomic mass is 10.1. The molecule has 3 aromatic carbocycles. The van der Waals surface area contributed by atoms with Crippen molar-refractivity contribution in [2.45, 2.75) is 6.18 Å². The quantitative estimate of drug-likeness (QED) is 0.462. The summed E-state index contributed by atoms with van der Waals surface area (Å²) < 4.78 is 72.5. The number of carbonyl (C=O) groups excluding carboxylic acids is 3. The molecule has 0 saturated carbocycles. The number of piperazine rings is 1. The van der Waals surface area contributed by atoms with Crippen LogP contribution in [-0.2, 0) is 11.0 Å². The van der Waals surface area contributed by atoms with Crippen molar-refractivity contribution in [2.24, 2.45) is 0 Å². The molecule has 1 aliphatic heterocycles. The van der Waals surface area contributed by atoms with Gasteiger partial charge in [-0.05, 0) is 48.5 Å². The molecule has 39 heavy (non-hydrogen) atoms. The third-order valence-electron chi connectivity index (χ3n) is 6.04. The van der Waals surface area contributed by atoms with Crippen molar-refractivity contribution in [3.63, 3.8) is 0 Å². The zero-order valence-electron chi connectivity index (χ0n) is 20.3. The number of para-hydroxylation sites is 1. The van der Waals surface area contributed by atoms with Gasteiger partial charge in [0.15, 0.2) is 17.4 Å². The Morgan fingerprint density at radius 3 is 2.00 bits per heavy atom. The van der Waals surface area contributed by atoms with E-state index in [9.17, 15) is 36.3 Å². The highest BCUT2D eigenvalue weighted by molar-refractivity contribution is 5.97. The predicted molar refractivity (Wildman–Crippen MR) is 129 cm³/mol. The van der Waals surface area contributed by atoms with E-state index in [1.54, 1.807) is 0 Å². The van der Waals surface area contributed by atoms with Gasteiger partial charge in [-0.3, -0.25) is 14.4 Å². The molecule has 4 rings (SSSR count). The smallest absolute Gasteiger partial charge is 0.417 e. The van der Waals surface area contributed by atoms with Crippen LogP contribution in [0.25, 0.3) is 0 Å². The van der Waals surface area contributed by atoms with E-state index < -0.39 is 52.4 Å². The highest BCUT2D eigenvalue weighted by Crippen LogP contribution is 2.32. The molecule has 0 aliphatic carbocycles. The molecular formula is C27H22F5N3O4. The van der Waals surface area contributed by atoms with E-state index in [0.29, 0.717) is 0 Å². The van der Waals surface area contributed by atoms with E-state index in [0.717, 1.165) is 24.3 Å². The molecule has 3 amide bonds. The molecule has 0 spiro atoms. The van der Waals surface area contributed by atoms with Crippen LogP contribution >= 0.6 is 0 Å². The summed E-state index contributed by atoms with van der Waals surface area (Å²) in [6.45, 7) is -0.0908. The number of benzene rings is 3. The second-order valence-corrected chi connectivity index (χ2v) is 8.58. The zero-order chi connectivity index (χ0) is 28.2. The predicted octanol–water partition coefficient (Wildman–Crippen LogP) is 4.49. The van der Waals surface area contributed by atoms with Gasteiger partial charge in [0.2, 0.25) is 5.91 Å². The number of nitrogens with zero attached hydrogens (tertiary/aromatic N) is 2. The first-order chi connectivity index (χ1) is 18.5. The van der Waals surface area contributed by atoms with Crippen molar-refractivity contribution in [3.8, 4) is 11.5 Å². The largest absolute Gasteiger partial charge is 0.451 e. The lowest BCUT2D eigenvalue weighted by Crippen LogP contribution is -2.52. The third kappa shape index (κ3) is 6.51. The van der Waals surface area contributed by atoms with Crippen LogP contribution in [0.3, 0.4) is 0 Å². The molecule has 7 nitrogen and oxygen atoms in total. The highest BCUT2D eigenvalue weighted by atomic mass is 19.4. The average Bonchev–Trinajstić information content (AvgIpc) is 2.93. The van der Waals surface area contributed by atoms with Gasteiger partial charge in [0.25, 0.3) is 11.8 Å². The van der Waals surface area contributed by atoms with Crippen molar-refractivity contribution >= 4 is 17.7 Å². The number of rotatable bonds is 6. The van der Waals surface area contributed by atoms with Crippen LogP contribution in [0.15, 0.2) is 66.7 Å². The fourth-order valence-electron chi connectivity index (χ4n) is 3.99. The molecular weight excluding hydrogens is 525 g/mol. The summed E-state index contributed by atoms with van der Waals surface area (Å²) in [5.41, 5.74) is -1.30. The van der Waals surface area contributed by atoms with Crippen molar-refractivity contribution < 1.29 is 41.1 Å². The number of carbonyl (C=O) groups is 3. The fourth-order valence-corrected chi connectivity index (χ4v) is 3.99. The molecule has 204 valence electrons. The average molecular weight is 547 g/mol. The van der Waals surface area contributed by atoms with Crippen LogP contribution in [0.5, 0.6) is 11.5 Å². The summed E-state index contributed by atoms with van der Waals surface area (Å²) in [6.07, 6.45) is -4.67. The van der Waals surface area contributed by atoms with Crippen LogP contribution in [0.1, 0.15) is 26.3 Å². The Labute approximate surface area is 219 Å². The van der Waals surface area contributed by atoms with Gasteiger partial charge in [0.05, 0.1) is 17.7 Å². The van der Waals surface area contributed by atoms with Gasteiger partial charge < -0.3 is 19.9 Å². The number of ether oxygens (including phenoxy) is 1. The number of alkyl halides is 3. The molecule has 0 atom stereocenters. The van der Waals surface area contributed by atoms with Gasteiger partial charge in [-0.15, -0.1) is 0 Å². The Hall–Kier alpha value is -4.48. The van der Waals surface area contributed by atoms with Gasteiger partial charge in [-0.2, -0.15) is 13.2 Å². The first kappa shape index (κ1) is 27.6. The first-order valence-corrected chi connectivity index (χ1v) is 11.8. The number of nitrogens with one attached hydrogen (secondary N) is 1. The Kier molecular flexibility index (Phi) is 8.12. The normalized spacial score (nSPS) is 13.7. The molecule has 12 heteroatoms. The van der Waals surface area contributed by atoms with E-state index in [1.807, 2.05) is 0 Å². The monoisotopic (exact) mass is 547 g/mol. The van der Waals surface area contributed by atoms with Crippen LogP contribution in [0.4, 0.5) is 22.0 Å². The summed E-state index contributed by atoms with van der Waals surface area (Å²) in [6, 6.07) is 13.2. The SMILES string of the molecule is O=C(NCC(=O)N1CCN(C(=O)c2ccccc2C(F)(F)F)CC1)c1ccc(Oc2c(F)cccc2F)cc1. The number of hydrogen-bond acceptors (Lipinski definition) is 4. The first-order valence-electron chi connectivity index (χ1n) is 11.8. The maximum absolute atomic E-state index is 13.7. The molecule has 1 heterocycles. The molecule has 1 N–H and O–H groups in total. The molecule has 1 fully saturated rings. The van der Waals surface area contributed by atoms with Crippen LogP contribution in [0, 0.1) is 11.6 Å². The van der Waals surface area contributed by atoms with Crippen LogP contribution in [-0.4, -0.2) is 60.2 Å². The molecule has 3 aromatic rings. The summed E-state index contributed by atoms with van der Waals surface area (Å²) in [5.74, 6) is -4.03. The summed E-state index contributed by atoms with van der Waals surface area (Å²) in [5, 5.41) is 2.47. The van der Waals surface area contributed by atoms with E-state index >= 15 is 0 Å². The van der Waals surface area contributed by atoms with E-state index in [4.69, 9.17) is 4.74 Å². The maximum atomic E-state index is 13.7. The summed E-state index contributed by atoms with van der Waals surface area (Å²) >= 11 is 0. The molecule has 1 saturated heterocycles. The van der Waals surface area contributed by atoms with Gasteiger partial charge in [0, 0.05) is 31.7 Å². The summed E-state index contributed by atoms with van der Waals surface area (Å²) in [7, 11) is 0. The number of halogens is 5. The Morgan fingerprint density at radius 1 is 0.795 bits per heavy atom. The lowest BCUT2D eigenvalue weighted by Gasteiger charge is -2.35. The Morgan fingerprint density at radius 2 is 1.38 bits per heavy atom. The van der Waals surface area contributed by atoms with Crippen molar-refractivity contribution in [2.75, 3.05) is 32.7 Å². The molecule has 1 aliphatic rings. The topological polar surface area (TPSA) is 79.0 Å². The summed E-state index contributed by atoms with van der Waals surface area (Å²) in [4.78, 5) is 40.3. The van der Waals surface area contributed by atoms with E-state index in [-0.39, 0.29) is 44.0 Å². The van der Waals surface area contributed by atoms with Gasteiger partial charge in [-0.25, -0.2) is 8.78 Å². The third-order valence-corrected chi connectivity index (χ3v) is 6.04. The van der Waals surface area contributed by atoms with Gasteiger partial charge in [0.1, 0.15) is 5.75 Å². The molecule has 0 unspecified atom stereocenters. The van der Waals surface area contributed by atoms with Crippen LogP contribution in [0.2, 0.25) is 0 Å². The lowest BCUT2D eigenvalue weighted by molar-refractivity contribution is -0.138. The van der Waals surface area contributed by atoms with Gasteiger partial charge >= 0.3 is 6.18 Å². The number of amides is 3. The van der Waals surface area contributed by atoms with Crippen molar-refractivity contribution in [3.05, 3.63) is 95.1 Å². The molecule has 0 aromatic heterocycles. The molecule has 0 radical (unpaired) electrons. The Balaban J connectivity index is 1.27. The van der Waals surface area contributed by atoms with E-state index in [1.165, 1.54) is 52.3 Å². The minimum atomic E-state index is -4.67. The fraction of sp³-hybridized carbons (Fsp3) is 0.222. The van der Waals surface area contributed by atoms with E-state index in [2.05, 4.69) is 5.32 Å². The minimum Gasteiger partial charge on any atom is -0.451 e.